The zero-order chi connectivity index (χ0) is 16.9. The van der Waals surface area contributed by atoms with Gasteiger partial charge in [0.15, 0.2) is 0 Å². The number of benzene rings is 1. The van der Waals surface area contributed by atoms with Crippen molar-refractivity contribution in [2.24, 2.45) is 5.92 Å². The second-order valence-corrected chi connectivity index (χ2v) is 6.60. The minimum absolute atomic E-state index is 0. The first kappa shape index (κ1) is 19.8. The molecule has 1 aliphatic heterocycles. The van der Waals surface area contributed by atoms with Gasteiger partial charge < -0.3 is 10.2 Å². The quantitative estimate of drug-likeness (QED) is 0.829. The summed E-state index contributed by atoms with van der Waals surface area (Å²) in [5.41, 5.74) is 2.06. The molecule has 2 heterocycles. The van der Waals surface area contributed by atoms with Crippen LogP contribution >= 0.6 is 24.0 Å². The third kappa shape index (κ3) is 4.75. The number of H-pyrrole nitrogens is 1. The van der Waals surface area contributed by atoms with Gasteiger partial charge in [0.1, 0.15) is 5.69 Å². The van der Waals surface area contributed by atoms with E-state index in [1.807, 2.05) is 29.2 Å². The Kier molecular flexibility index (Phi) is 7.29. The van der Waals surface area contributed by atoms with E-state index in [1.54, 1.807) is 6.07 Å². The molecule has 0 aliphatic carbocycles. The van der Waals surface area contributed by atoms with Crippen molar-refractivity contribution in [3.05, 3.63) is 41.0 Å². The molecule has 1 fully saturated rings. The Bertz CT molecular complexity index is 696. The molecule has 136 valence electrons. The molecule has 0 unspecified atom stereocenters. The number of halogens is 2. The summed E-state index contributed by atoms with van der Waals surface area (Å²) in [5, 5.41) is 11.1. The van der Waals surface area contributed by atoms with Crippen LogP contribution in [0.15, 0.2) is 30.3 Å². The van der Waals surface area contributed by atoms with Crippen molar-refractivity contribution in [2.75, 3.05) is 26.2 Å². The van der Waals surface area contributed by atoms with Crippen molar-refractivity contribution in [1.29, 1.82) is 0 Å². The summed E-state index contributed by atoms with van der Waals surface area (Å²) in [7, 11) is 0. The van der Waals surface area contributed by atoms with E-state index in [9.17, 15) is 4.79 Å². The molecule has 1 aromatic heterocycles. The van der Waals surface area contributed by atoms with Crippen LogP contribution in [0.4, 0.5) is 0 Å². The van der Waals surface area contributed by atoms with Crippen LogP contribution in [-0.2, 0) is 0 Å². The van der Waals surface area contributed by atoms with E-state index in [0.29, 0.717) is 22.3 Å². The molecule has 5 nitrogen and oxygen atoms in total. The van der Waals surface area contributed by atoms with Crippen LogP contribution in [0.2, 0.25) is 5.02 Å². The first-order valence-corrected chi connectivity index (χ1v) is 8.87. The standard InChI is InChI=1S/C18H23ClN4O.ClH/c1-2-20-12-13-7-9-23(10-8-13)18(24)17-11-16(21-22-17)14-5-3-4-6-15(14)19;/h3-6,11,13,20H,2,7-10,12H2,1H3,(H,21,22);1H. The minimum atomic E-state index is 0. The number of carbonyl (C=O) groups is 1. The summed E-state index contributed by atoms with van der Waals surface area (Å²) >= 11 is 6.20. The van der Waals surface area contributed by atoms with Crippen molar-refractivity contribution in [3.63, 3.8) is 0 Å². The molecule has 7 heteroatoms. The molecule has 2 N–H and O–H groups in total. The minimum Gasteiger partial charge on any atom is -0.337 e. The van der Waals surface area contributed by atoms with Crippen molar-refractivity contribution >= 4 is 29.9 Å². The molecule has 0 spiro atoms. The summed E-state index contributed by atoms with van der Waals surface area (Å²) in [6.07, 6.45) is 2.09. The lowest BCUT2D eigenvalue weighted by Crippen LogP contribution is -2.40. The Hall–Kier alpha value is -1.56. The molecule has 25 heavy (non-hydrogen) atoms. The molecular weight excluding hydrogens is 359 g/mol. The molecular formula is C18H24Cl2N4O. The smallest absolute Gasteiger partial charge is 0.271 e. The maximum Gasteiger partial charge on any atom is 0.271 e. The van der Waals surface area contributed by atoms with E-state index in [2.05, 4.69) is 22.4 Å². The molecule has 0 radical (unpaired) electrons. The lowest BCUT2D eigenvalue weighted by molar-refractivity contribution is 0.0684. The van der Waals surface area contributed by atoms with Crippen LogP contribution < -0.4 is 5.32 Å². The third-order valence-corrected chi connectivity index (χ3v) is 4.87. The number of likely N-dealkylation sites (tertiary alicyclic amines) is 1. The molecule has 2 aromatic rings. The average molecular weight is 383 g/mol. The SMILES string of the molecule is CCNCC1CCN(C(=O)c2cc(-c3ccccc3Cl)n[nH]2)CC1.Cl. The topological polar surface area (TPSA) is 61.0 Å². The lowest BCUT2D eigenvalue weighted by atomic mass is 9.96. The number of nitrogens with zero attached hydrogens (tertiary/aromatic N) is 2. The number of piperidine rings is 1. The predicted molar refractivity (Wildman–Crippen MR) is 103 cm³/mol. The summed E-state index contributed by atoms with van der Waals surface area (Å²) < 4.78 is 0. The van der Waals surface area contributed by atoms with E-state index in [0.717, 1.165) is 44.6 Å². The summed E-state index contributed by atoms with van der Waals surface area (Å²) in [6.45, 7) is 5.76. The Labute approximate surface area is 159 Å². The van der Waals surface area contributed by atoms with Gasteiger partial charge in [-0.3, -0.25) is 9.89 Å². The predicted octanol–water partition coefficient (Wildman–Crippen LogP) is 3.61. The van der Waals surface area contributed by atoms with E-state index in [4.69, 9.17) is 11.6 Å². The van der Waals surface area contributed by atoms with Gasteiger partial charge in [0.05, 0.1) is 10.7 Å². The second kappa shape index (κ2) is 9.22. The van der Waals surface area contributed by atoms with Crippen molar-refractivity contribution in [3.8, 4) is 11.3 Å². The van der Waals surface area contributed by atoms with Gasteiger partial charge in [0.25, 0.3) is 5.91 Å². The number of amides is 1. The molecule has 0 bridgehead atoms. The number of rotatable bonds is 5. The van der Waals surface area contributed by atoms with Crippen LogP contribution in [0.5, 0.6) is 0 Å². The maximum atomic E-state index is 12.7. The average Bonchev–Trinajstić information content (AvgIpc) is 3.10. The van der Waals surface area contributed by atoms with Crippen LogP contribution in [0.1, 0.15) is 30.3 Å². The second-order valence-electron chi connectivity index (χ2n) is 6.19. The van der Waals surface area contributed by atoms with Gasteiger partial charge in [-0.15, -0.1) is 12.4 Å². The van der Waals surface area contributed by atoms with E-state index in [1.165, 1.54) is 0 Å². The molecule has 0 atom stereocenters. The Morgan fingerprint density at radius 1 is 1.36 bits per heavy atom. The highest BCUT2D eigenvalue weighted by Crippen LogP contribution is 2.27. The van der Waals surface area contributed by atoms with Crippen LogP contribution in [0, 0.1) is 5.92 Å². The highest BCUT2D eigenvalue weighted by molar-refractivity contribution is 6.33. The van der Waals surface area contributed by atoms with Gasteiger partial charge >= 0.3 is 0 Å². The lowest BCUT2D eigenvalue weighted by Gasteiger charge is -2.31. The number of carbonyl (C=O) groups excluding carboxylic acids is 1. The molecule has 1 amide bonds. The molecule has 1 saturated heterocycles. The number of aromatic nitrogens is 2. The zero-order valence-electron chi connectivity index (χ0n) is 14.3. The van der Waals surface area contributed by atoms with Gasteiger partial charge in [-0.2, -0.15) is 5.10 Å². The summed E-state index contributed by atoms with van der Waals surface area (Å²) in [5.74, 6) is 0.678. The Morgan fingerprint density at radius 3 is 2.76 bits per heavy atom. The van der Waals surface area contributed by atoms with Crippen molar-refractivity contribution < 1.29 is 4.79 Å². The van der Waals surface area contributed by atoms with Gasteiger partial charge in [-0.25, -0.2) is 0 Å². The number of aromatic amines is 1. The number of hydrogen-bond acceptors (Lipinski definition) is 3. The summed E-state index contributed by atoms with van der Waals surface area (Å²) in [6, 6.07) is 9.30. The third-order valence-electron chi connectivity index (χ3n) is 4.54. The number of nitrogens with one attached hydrogen (secondary N) is 2. The highest BCUT2D eigenvalue weighted by atomic mass is 35.5. The van der Waals surface area contributed by atoms with E-state index >= 15 is 0 Å². The fourth-order valence-electron chi connectivity index (χ4n) is 3.10. The van der Waals surface area contributed by atoms with Gasteiger partial charge in [-0.05, 0) is 44.0 Å². The van der Waals surface area contributed by atoms with Gasteiger partial charge in [-0.1, -0.05) is 36.7 Å². The molecule has 3 rings (SSSR count). The Morgan fingerprint density at radius 2 is 2.08 bits per heavy atom. The van der Waals surface area contributed by atoms with Crippen molar-refractivity contribution in [1.82, 2.24) is 20.4 Å². The fraction of sp³-hybridized carbons (Fsp3) is 0.444. The van der Waals surface area contributed by atoms with Crippen LogP contribution in [-0.4, -0.2) is 47.2 Å². The zero-order valence-corrected chi connectivity index (χ0v) is 15.9. The maximum absolute atomic E-state index is 12.7. The van der Waals surface area contributed by atoms with E-state index < -0.39 is 0 Å². The molecule has 1 aromatic carbocycles. The van der Waals surface area contributed by atoms with Crippen molar-refractivity contribution in [2.45, 2.75) is 19.8 Å². The monoisotopic (exact) mass is 382 g/mol. The fourth-order valence-corrected chi connectivity index (χ4v) is 3.33. The van der Waals surface area contributed by atoms with Gasteiger partial charge in [0.2, 0.25) is 0 Å². The molecule has 1 aliphatic rings. The van der Waals surface area contributed by atoms with Crippen LogP contribution in [0.3, 0.4) is 0 Å². The van der Waals surface area contributed by atoms with Gasteiger partial charge in [0, 0.05) is 18.7 Å². The highest BCUT2D eigenvalue weighted by Gasteiger charge is 2.24. The Balaban J connectivity index is 0.00000225. The van der Waals surface area contributed by atoms with E-state index in [-0.39, 0.29) is 18.3 Å². The largest absolute Gasteiger partial charge is 0.337 e. The first-order valence-electron chi connectivity index (χ1n) is 8.49. The van der Waals surface area contributed by atoms with Crippen LogP contribution in [0.25, 0.3) is 11.3 Å². The normalized spacial score (nSPS) is 15.0. The summed E-state index contributed by atoms with van der Waals surface area (Å²) in [4.78, 5) is 14.6. The molecule has 0 saturated carbocycles. The number of hydrogen-bond donors (Lipinski definition) is 2. The first-order chi connectivity index (χ1) is 11.7.